The fraction of sp³-hybridized carbons (Fsp3) is 0.400. The van der Waals surface area contributed by atoms with Crippen molar-refractivity contribution >= 4 is 11.6 Å². The van der Waals surface area contributed by atoms with Crippen molar-refractivity contribution < 1.29 is 4.74 Å². The standard InChI is InChI=1S/C10H12ClNO/c11-9-3-1-2-8(4-9)7-13-10-5-12-6-10/h1-4,10,12H,5-7H2. The fourth-order valence-corrected chi connectivity index (χ4v) is 1.43. The van der Waals surface area contributed by atoms with Gasteiger partial charge in [0.2, 0.25) is 0 Å². The molecule has 1 N–H and O–H groups in total. The summed E-state index contributed by atoms with van der Waals surface area (Å²) in [7, 11) is 0. The van der Waals surface area contributed by atoms with Crippen LogP contribution in [0.3, 0.4) is 0 Å². The number of nitrogens with one attached hydrogen (secondary N) is 1. The molecule has 0 bridgehead atoms. The molecule has 0 aliphatic carbocycles. The van der Waals surface area contributed by atoms with Crippen molar-refractivity contribution in [1.29, 1.82) is 0 Å². The molecule has 0 radical (unpaired) electrons. The molecule has 1 aliphatic rings. The first-order chi connectivity index (χ1) is 6.34. The van der Waals surface area contributed by atoms with Gasteiger partial charge in [0.05, 0.1) is 12.7 Å². The van der Waals surface area contributed by atoms with Crippen LogP contribution < -0.4 is 5.32 Å². The minimum Gasteiger partial charge on any atom is -0.371 e. The highest BCUT2D eigenvalue weighted by Gasteiger charge is 2.16. The maximum Gasteiger partial charge on any atom is 0.0828 e. The number of halogens is 1. The first-order valence-electron chi connectivity index (χ1n) is 4.41. The van der Waals surface area contributed by atoms with E-state index in [1.165, 1.54) is 0 Å². The molecule has 0 atom stereocenters. The molecule has 1 aliphatic heterocycles. The van der Waals surface area contributed by atoms with Crippen LogP contribution in [0.4, 0.5) is 0 Å². The van der Waals surface area contributed by atoms with E-state index >= 15 is 0 Å². The van der Waals surface area contributed by atoms with Gasteiger partial charge in [0.1, 0.15) is 0 Å². The molecular weight excluding hydrogens is 186 g/mol. The predicted octanol–water partition coefficient (Wildman–Crippen LogP) is 1.83. The second-order valence-corrected chi connectivity index (χ2v) is 3.66. The highest BCUT2D eigenvalue weighted by Crippen LogP contribution is 2.12. The molecule has 2 nitrogen and oxygen atoms in total. The highest BCUT2D eigenvalue weighted by atomic mass is 35.5. The normalized spacial score (nSPS) is 17.0. The van der Waals surface area contributed by atoms with Crippen molar-refractivity contribution in [2.24, 2.45) is 0 Å². The van der Waals surface area contributed by atoms with E-state index in [-0.39, 0.29) is 0 Å². The molecule has 0 spiro atoms. The van der Waals surface area contributed by atoms with Gasteiger partial charge in [0.25, 0.3) is 0 Å². The van der Waals surface area contributed by atoms with Gasteiger partial charge in [-0.25, -0.2) is 0 Å². The van der Waals surface area contributed by atoms with Gasteiger partial charge in [0, 0.05) is 18.1 Å². The summed E-state index contributed by atoms with van der Waals surface area (Å²) in [6, 6.07) is 7.78. The summed E-state index contributed by atoms with van der Waals surface area (Å²) in [5, 5.41) is 3.93. The largest absolute Gasteiger partial charge is 0.371 e. The zero-order valence-electron chi connectivity index (χ0n) is 7.29. The van der Waals surface area contributed by atoms with Gasteiger partial charge in [-0.2, -0.15) is 0 Å². The van der Waals surface area contributed by atoms with Gasteiger partial charge in [-0.1, -0.05) is 23.7 Å². The number of benzene rings is 1. The Kier molecular flexibility index (Phi) is 2.83. The van der Waals surface area contributed by atoms with Crippen LogP contribution in [-0.4, -0.2) is 19.2 Å². The molecule has 1 heterocycles. The Morgan fingerprint density at radius 1 is 1.46 bits per heavy atom. The maximum absolute atomic E-state index is 5.84. The maximum atomic E-state index is 5.84. The number of hydrogen-bond acceptors (Lipinski definition) is 2. The van der Waals surface area contributed by atoms with Gasteiger partial charge >= 0.3 is 0 Å². The second kappa shape index (κ2) is 4.09. The Morgan fingerprint density at radius 3 is 2.92 bits per heavy atom. The Morgan fingerprint density at radius 2 is 2.31 bits per heavy atom. The fourth-order valence-electron chi connectivity index (χ4n) is 1.22. The second-order valence-electron chi connectivity index (χ2n) is 3.22. The quantitative estimate of drug-likeness (QED) is 0.799. The van der Waals surface area contributed by atoms with Crippen LogP contribution >= 0.6 is 11.6 Å². The van der Waals surface area contributed by atoms with Crippen molar-refractivity contribution in [3.8, 4) is 0 Å². The summed E-state index contributed by atoms with van der Waals surface area (Å²) in [5.41, 5.74) is 1.14. The minimum atomic E-state index is 0.388. The van der Waals surface area contributed by atoms with Crippen LogP contribution in [0.1, 0.15) is 5.56 Å². The smallest absolute Gasteiger partial charge is 0.0828 e. The summed E-state index contributed by atoms with van der Waals surface area (Å²) in [5.74, 6) is 0. The van der Waals surface area contributed by atoms with Gasteiger partial charge in [-0.05, 0) is 17.7 Å². The molecule has 1 fully saturated rings. The van der Waals surface area contributed by atoms with E-state index in [4.69, 9.17) is 16.3 Å². The summed E-state index contributed by atoms with van der Waals surface area (Å²) in [6.07, 6.45) is 0.388. The van der Waals surface area contributed by atoms with Crippen LogP contribution in [0.15, 0.2) is 24.3 Å². The molecule has 1 aromatic rings. The first-order valence-corrected chi connectivity index (χ1v) is 4.79. The lowest BCUT2D eigenvalue weighted by molar-refractivity contribution is 0.00759. The van der Waals surface area contributed by atoms with Gasteiger partial charge in [0.15, 0.2) is 0 Å². The van der Waals surface area contributed by atoms with Crippen LogP contribution in [0.25, 0.3) is 0 Å². The predicted molar refractivity (Wildman–Crippen MR) is 52.9 cm³/mol. The molecule has 2 rings (SSSR count). The molecule has 0 aromatic heterocycles. The van der Waals surface area contributed by atoms with E-state index in [9.17, 15) is 0 Å². The average molecular weight is 198 g/mol. The van der Waals surface area contributed by atoms with Crippen molar-refractivity contribution in [3.63, 3.8) is 0 Å². The first kappa shape index (κ1) is 9.00. The Bertz CT molecular complexity index is 286. The lowest BCUT2D eigenvalue weighted by Gasteiger charge is -2.27. The third-order valence-electron chi connectivity index (χ3n) is 2.12. The van der Waals surface area contributed by atoms with Crippen molar-refractivity contribution in [2.75, 3.05) is 13.1 Å². The topological polar surface area (TPSA) is 21.3 Å². The van der Waals surface area contributed by atoms with Crippen molar-refractivity contribution in [3.05, 3.63) is 34.9 Å². The summed E-state index contributed by atoms with van der Waals surface area (Å²) in [6.45, 7) is 2.61. The van der Waals surface area contributed by atoms with E-state index in [0.717, 1.165) is 23.7 Å². The van der Waals surface area contributed by atoms with Gasteiger partial charge < -0.3 is 10.1 Å². The summed E-state index contributed by atoms with van der Waals surface area (Å²) >= 11 is 5.84. The van der Waals surface area contributed by atoms with Crippen LogP contribution in [-0.2, 0) is 11.3 Å². The molecule has 3 heteroatoms. The SMILES string of the molecule is Clc1cccc(COC2CNC2)c1. The van der Waals surface area contributed by atoms with E-state index in [0.29, 0.717) is 12.7 Å². The minimum absolute atomic E-state index is 0.388. The van der Waals surface area contributed by atoms with Crippen molar-refractivity contribution in [1.82, 2.24) is 5.32 Å². The Labute approximate surface area is 82.9 Å². The molecule has 0 saturated carbocycles. The molecule has 70 valence electrons. The molecule has 1 aromatic carbocycles. The Balaban J connectivity index is 1.86. The number of rotatable bonds is 3. The molecule has 0 unspecified atom stereocenters. The summed E-state index contributed by atoms with van der Waals surface area (Å²) in [4.78, 5) is 0. The third-order valence-corrected chi connectivity index (χ3v) is 2.35. The van der Waals surface area contributed by atoms with E-state index < -0.39 is 0 Å². The molecule has 13 heavy (non-hydrogen) atoms. The molecule has 0 amide bonds. The zero-order valence-corrected chi connectivity index (χ0v) is 8.05. The average Bonchev–Trinajstić information content (AvgIpc) is 2.01. The van der Waals surface area contributed by atoms with E-state index in [1.54, 1.807) is 0 Å². The molecular formula is C10H12ClNO. The van der Waals surface area contributed by atoms with Crippen molar-refractivity contribution in [2.45, 2.75) is 12.7 Å². The van der Waals surface area contributed by atoms with Crippen LogP contribution in [0.2, 0.25) is 5.02 Å². The number of hydrogen-bond donors (Lipinski definition) is 1. The number of ether oxygens (including phenoxy) is 1. The van der Waals surface area contributed by atoms with E-state index in [1.807, 2.05) is 24.3 Å². The summed E-state index contributed by atoms with van der Waals surface area (Å²) < 4.78 is 5.60. The van der Waals surface area contributed by atoms with Crippen LogP contribution in [0, 0.1) is 0 Å². The van der Waals surface area contributed by atoms with Gasteiger partial charge in [-0.3, -0.25) is 0 Å². The zero-order chi connectivity index (χ0) is 9.10. The third kappa shape index (κ3) is 2.44. The lowest BCUT2D eigenvalue weighted by Crippen LogP contribution is -2.48. The molecule has 1 saturated heterocycles. The monoisotopic (exact) mass is 197 g/mol. The van der Waals surface area contributed by atoms with Crippen LogP contribution in [0.5, 0.6) is 0 Å². The highest BCUT2D eigenvalue weighted by molar-refractivity contribution is 6.30. The lowest BCUT2D eigenvalue weighted by atomic mass is 10.2. The van der Waals surface area contributed by atoms with E-state index in [2.05, 4.69) is 5.32 Å². The Hall–Kier alpha value is -0.570. The van der Waals surface area contributed by atoms with Gasteiger partial charge in [-0.15, -0.1) is 0 Å².